The first kappa shape index (κ1) is 42.7. The van der Waals surface area contributed by atoms with Crippen LogP contribution in [0.5, 0.6) is 0 Å². The Hall–Kier alpha value is -8.40. The summed E-state index contributed by atoms with van der Waals surface area (Å²) in [7, 11) is -3.14. The van der Waals surface area contributed by atoms with Crippen LogP contribution >= 0.6 is 0 Å². The van der Waals surface area contributed by atoms with Crippen LogP contribution in [-0.2, 0) is 0 Å². The van der Waals surface area contributed by atoms with E-state index in [4.69, 9.17) is 8.83 Å². The fourth-order valence-corrected chi connectivity index (χ4v) is 12.4. The van der Waals surface area contributed by atoms with E-state index in [1.807, 2.05) is 30.3 Å². The number of fused-ring (bicyclic) bond motifs is 12. The van der Waals surface area contributed by atoms with E-state index < -0.39 is 15.2 Å². The molecule has 6 nitrogen and oxygen atoms in total. The molecule has 0 unspecified atom stereocenters. The second-order valence-electron chi connectivity index (χ2n) is 19.4. The van der Waals surface area contributed by atoms with Crippen LogP contribution in [0.1, 0.15) is 0 Å². The van der Waals surface area contributed by atoms with Crippen molar-refractivity contribution in [2.75, 3.05) is 0 Å². The van der Waals surface area contributed by atoms with Gasteiger partial charge < -0.3 is 28.0 Å². The first-order valence-corrected chi connectivity index (χ1v) is 27.6. The highest BCUT2D eigenvalue weighted by molar-refractivity contribution is 6.90. The lowest BCUT2D eigenvalue weighted by atomic mass is 9.79. The van der Waals surface area contributed by atoms with Gasteiger partial charge in [0, 0.05) is 71.1 Å². The van der Waals surface area contributed by atoms with Crippen molar-refractivity contribution in [1.82, 2.24) is 9.13 Å². The molecule has 0 fully saturated rings. The van der Waals surface area contributed by atoms with Crippen LogP contribution < -0.4 is 10.6 Å². The molecule has 0 bridgehead atoms. The molecule has 2 N–H and O–H groups in total. The Kier molecular flexibility index (Phi) is 10.0. The van der Waals surface area contributed by atoms with Gasteiger partial charge in [0.15, 0.2) is 0 Å². The van der Waals surface area contributed by atoms with Crippen molar-refractivity contribution < 1.29 is 18.9 Å². The third kappa shape index (κ3) is 6.94. The zero-order valence-electron chi connectivity index (χ0n) is 39.5. The minimum Gasteiger partial charge on any atom is -0.456 e. The molecule has 0 aliphatic carbocycles. The number of furan rings is 2. The number of rotatable bonds is 6. The number of hydrogen-bond donors (Lipinski definition) is 2. The van der Waals surface area contributed by atoms with Crippen LogP contribution in [0.25, 0.3) is 121 Å². The van der Waals surface area contributed by atoms with Gasteiger partial charge in [0.2, 0.25) is 0 Å². The van der Waals surface area contributed by atoms with E-state index in [0.29, 0.717) is 11.0 Å². The molecular formula is C63H47BN2O4Si. The molecule has 71 heavy (non-hydrogen) atoms. The molecule has 0 aliphatic rings. The highest BCUT2D eigenvalue weighted by atomic mass is 28.3. The molecule has 0 atom stereocenters. The molecule has 4 heterocycles. The number of benzene rings is 10. The van der Waals surface area contributed by atoms with Gasteiger partial charge in [-0.1, -0.05) is 177 Å². The SMILES string of the molecule is C[Si](C)(C)c1cccc2c1oc1c(-c3ccc4c(c3)c3ccccc3n4-c3ccccc3)cccc12.OB(O)c1cccc2c1oc1c(-c3ccc4c(c3)c3ccccc3n4-c3ccccc3)cccc12. The molecule has 14 aromatic rings. The van der Waals surface area contributed by atoms with E-state index in [1.54, 1.807) is 6.07 Å². The second kappa shape index (κ2) is 16.6. The smallest absolute Gasteiger partial charge is 0.456 e. The normalized spacial score (nSPS) is 12.0. The van der Waals surface area contributed by atoms with Gasteiger partial charge in [-0.05, 0) is 77.0 Å². The summed E-state index contributed by atoms with van der Waals surface area (Å²) in [6.45, 7) is 7.14. The van der Waals surface area contributed by atoms with Gasteiger partial charge >= 0.3 is 7.12 Å². The largest absolute Gasteiger partial charge is 0.492 e. The van der Waals surface area contributed by atoms with E-state index in [2.05, 4.69) is 211 Å². The summed E-state index contributed by atoms with van der Waals surface area (Å²) in [5.74, 6) is 0. The van der Waals surface area contributed by atoms with E-state index in [0.717, 1.165) is 60.9 Å². The Morgan fingerprint density at radius 2 is 0.746 bits per heavy atom. The van der Waals surface area contributed by atoms with Crippen molar-refractivity contribution in [3.05, 3.63) is 218 Å². The number of nitrogens with zero attached hydrogens (tertiary/aromatic N) is 2. The zero-order valence-corrected chi connectivity index (χ0v) is 40.5. The minimum absolute atomic E-state index is 0.367. The number of aromatic nitrogens is 2. The lowest BCUT2D eigenvalue weighted by molar-refractivity contribution is 0.425. The van der Waals surface area contributed by atoms with E-state index in [-0.39, 0.29) is 0 Å². The molecule has 4 aromatic heterocycles. The summed E-state index contributed by atoms with van der Waals surface area (Å²) < 4.78 is 17.6. The third-order valence-corrected chi connectivity index (χ3v) is 16.2. The summed E-state index contributed by atoms with van der Waals surface area (Å²) in [5.41, 5.74) is 15.0. The molecule has 0 spiro atoms. The average molecular weight is 935 g/mol. The highest BCUT2D eigenvalue weighted by Crippen LogP contribution is 2.41. The molecule has 0 radical (unpaired) electrons. The Morgan fingerprint density at radius 1 is 0.352 bits per heavy atom. The molecule has 8 heteroatoms. The van der Waals surface area contributed by atoms with Crippen LogP contribution in [-0.4, -0.2) is 34.4 Å². The van der Waals surface area contributed by atoms with Gasteiger partial charge in [0.1, 0.15) is 22.3 Å². The number of para-hydroxylation sites is 8. The highest BCUT2D eigenvalue weighted by Gasteiger charge is 2.25. The van der Waals surface area contributed by atoms with Crippen LogP contribution in [0.2, 0.25) is 19.6 Å². The predicted molar refractivity (Wildman–Crippen MR) is 300 cm³/mol. The van der Waals surface area contributed by atoms with Crippen molar-refractivity contribution in [3.63, 3.8) is 0 Å². The summed E-state index contributed by atoms with van der Waals surface area (Å²) >= 11 is 0. The van der Waals surface area contributed by atoms with Crippen LogP contribution in [0, 0.1) is 0 Å². The van der Waals surface area contributed by atoms with Crippen LogP contribution in [0.15, 0.2) is 227 Å². The first-order valence-electron chi connectivity index (χ1n) is 24.1. The molecular weight excluding hydrogens is 888 g/mol. The van der Waals surface area contributed by atoms with Gasteiger partial charge in [-0.3, -0.25) is 0 Å². The molecule has 0 saturated carbocycles. The maximum absolute atomic E-state index is 9.84. The molecule has 340 valence electrons. The fraction of sp³-hybridized carbons (Fsp3) is 0.0476. The fourth-order valence-electron chi connectivity index (χ4n) is 10.9. The zero-order chi connectivity index (χ0) is 48.0. The quantitative estimate of drug-likeness (QED) is 0.163. The van der Waals surface area contributed by atoms with Gasteiger partial charge in [-0.2, -0.15) is 0 Å². The van der Waals surface area contributed by atoms with Gasteiger partial charge in [0.05, 0.1) is 30.1 Å². The van der Waals surface area contributed by atoms with Crippen LogP contribution in [0.4, 0.5) is 0 Å². The molecule has 0 amide bonds. The lowest BCUT2D eigenvalue weighted by Gasteiger charge is -2.16. The van der Waals surface area contributed by atoms with Crippen molar-refractivity contribution in [2.24, 2.45) is 0 Å². The lowest BCUT2D eigenvalue weighted by Crippen LogP contribution is -2.37. The molecule has 10 aromatic carbocycles. The minimum atomic E-state index is -1.59. The van der Waals surface area contributed by atoms with Gasteiger partial charge in [0.25, 0.3) is 0 Å². The maximum atomic E-state index is 9.84. The van der Waals surface area contributed by atoms with E-state index in [1.165, 1.54) is 59.8 Å². The van der Waals surface area contributed by atoms with Crippen molar-refractivity contribution in [2.45, 2.75) is 19.6 Å². The van der Waals surface area contributed by atoms with E-state index >= 15 is 0 Å². The predicted octanol–water partition coefficient (Wildman–Crippen LogP) is 14.9. The standard InChI is InChI=1S/C33H27NOSi.C30H20BNO3/c1-36(2,3)31-18-10-16-27-26-15-9-14-24(32(26)35-33(27)31)22-19-20-30-28(21-22)25-13-7-8-17-29(25)34(30)23-11-5-4-6-12-23;33-31(34)26-14-7-13-24-23-12-6-11-21(29(23)35-30(24)26)19-16-17-28-25(18-19)22-10-4-5-15-27(22)32(28)20-8-2-1-3-9-20/h4-21H,1-3H3;1-18,33-34H. The molecule has 14 rings (SSSR count). The first-order chi connectivity index (χ1) is 34.7. The van der Waals surface area contributed by atoms with Gasteiger partial charge in [-0.25, -0.2) is 0 Å². The molecule has 0 aliphatic heterocycles. The Bertz CT molecular complexity index is 4370. The summed E-state index contributed by atoms with van der Waals surface area (Å²) in [6, 6.07) is 76.2. The number of hydrogen-bond acceptors (Lipinski definition) is 4. The molecule has 0 saturated heterocycles. The monoisotopic (exact) mass is 934 g/mol. The summed E-state index contributed by atoms with van der Waals surface area (Å²) in [4.78, 5) is 0. The summed E-state index contributed by atoms with van der Waals surface area (Å²) in [5, 5.41) is 30.2. The van der Waals surface area contributed by atoms with Crippen molar-refractivity contribution in [1.29, 1.82) is 0 Å². The maximum Gasteiger partial charge on any atom is 0.492 e. The van der Waals surface area contributed by atoms with Crippen LogP contribution in [0.3, 0.4) is 0 Å². The Morgan fingerprint density at radius 3 is 1.24 bits per heavy atom. The van der Waals surface area contributed by atoms with Crippen molar-refractivity contribution in [3.8, 4) is 33.6 Å². The third-order valence-electron chi connectivity index (χ3n) is 14.2. The Balaban J connectivity index is 0.000000139. The average Bonchev–Trinajstić information content (AvgIpc) is 4.16. The Labute approximate surface area is 411 Å². The van der Waals surface area contributed by atoms with Gasteiger partial charge in [-0.15, -0.1) is 0 Å². The summed E-state index contributed by atoms with van der Waals surface area (Å²) in [6.07, 6.45) is 0. The second-order valence-corrected chi connectivity index (χ2v) is 24.5. The van der Waals surface area contributed by atoms with E-state index in [9.17, 15) is 10.0 Å². The van der Waals surface area contributed by atoms with Crippen molar-refractivity contribution >= 4 is 113 Å². The topological polar surface area (TPSA) is 76.6 Å².